The maximum Gasteiger partial charge on any atom is 0.241 e. The van der Waals surface area contributed by atoms with Crippen LogP contribution in [0.1, 0.15) is 19.3 Å². The van der Waals surface area contributed by atoms with Crippen molar-refractivity contribution < 1.29 is 4.79 Å². The Morgan fingerprint density at radius 3 is 3.05 bits per heavy atom. The maximum absolute atomic E-state index is 12.3. The molecule has 2 aromatic rings. The third-order valence-corrected chi connectivity index (χ3v) is 3.91. The second-order valence-corrected chi connectivity index (χ2v) is 5.39. The number of fused-ring (bicyclic) bond motifs is 1. The van der Waals surface area contributed by atoms with Gasteiger partial charge in [0.2, 0.25) is 5.91 Å². The Bertz CT molecular complexity index is 638. The van der Waals surface area contributed by atoms with Crippen molar-refractivity contribution in [2.45, 2.75) is 25.3 Å². The van der Waals surface area contributed by atoms with Gasteiger partial charge in [-0.25, -0.2) is 0 Å². The van der Waals surface area contributed by atoms with Gasteiger partial charge >= 0.3 is 0 Å². The molecule has 1 aliphatic rings. The van der Waals surface area contributed by atoms with Gasteiger partial charge < -0.3 is 10.6 Å². The molecule has 2 heterocycles. The van der Waals surface area contributed by atoms with Gasteiger partial charge in [-0.05, 0) is 43.7 Å². The van der Waals surface area contributed by atoms with Crippen molar-refractivity contribution in [3.05, 3.63) is 35.5 Å². The Morgan fingerprint density at radius 2 is 2.25 bits per heavy atom. The lowest BCUT2D eigenvalue weighted by atomic mass is 10.0. The number of carbonyl (C=O) groups excluding carboxylic acids is 1. The zero-order valence-corrected chi connectivity index (χ0v) is 11.8. The van der Waals surface area contributed by atoms with Crippen LogP contribution < -0.4 is 10.6 Å². The fourth-order valence-electron chi connectivity index (χ4n) is 2.54. The fraction of sp³-hybridized carbons (Fsp3) is 0.333. The fourth-order valence-corrected chi connectivity index (χ4v) is 2.76. The number of piperidine rings is 1. The summed E-state index contributed by atoms with van der Waals surface area (Å²) in [6, 6.07) is 7.24. The van der Waals surface area contributed by atoms with E-state index in [4.69, 9.17) is 11.6 Å². The van der Waals surface area contributed by atoms with Gasteiger partial charge in [0.05, 0.1) is 22.3 Å². The minimum Gasteiger partial charge on any atom is -0.324 e. The highest BCUT2D eigenvalue weighted by atomic mass is 35.5. The Balaban J connectivity index is 1.87. The average Bonchev–Trinajstić information content (AvgIpc) is 2.51. The molecule has 5 heteroatoms. The van der Waals surface area contributed by atoms with E-state index in [-0.39, 0.29) is 11.9 Å². The normalized spacial score (nSPS) is 18.9. The second-order valence-electron chi connectivity index (χ2n) is 4.99. The molecule has 2 N–H and O–H groups in total. The molecule has 1 aromatic heterocycles. The van der Waals surface area contributed by atoms with Gasteiger partial charge in [-0.1, -0.05) is 18.0 Å². The number of nitrogens with zero attached hydrogens (tertiary/aromatic N) is 1. The van der Waals surface area contributed by atoms with E-state index >= 15 is 0 Å². The molecule has 1 aliphatic heterocycles. The van der Waals surface area contributed by atoms with Gasteiger partial charge in [0.1, 0.15) is 0 Å². The van der Waals surface area contributed by atoms with Crippen molar-refractivity contribution in [1.82, 2.24) is 10.3 Å². The number of carbonyl (C=O) groups is 1. The Kier molecular flexibility index (Phi) is 3.85. The largest absolute Gasteiger partial charge is 0.324 e. The number of hydrogen-bond donors (Lipinski definition) is 2. The SMILES string of the molecule is O=C(Nc1ccc(Cl)c2ncccc12)[C@H]1CCCCN1. The summed E-state index contributed by atoms with van der Waals surface area (Å²) >= 11 is 6.13. The smallest absolute Gasteiger partial charge is 0.241 e. The molecule has 4 nitrogen and oxygen atoms in total. The van der Waals surface area contributed by atoms with Crippen LogP contribution in [0, 0.1) is 0 Å². The highest BCUT2D eigenvalue weighted by Crippen LogP contribution is 2.28. The van der Waals surface area contributed by atoms with Crippen LogP contribution in [0.5, 0.6) is 0 Å². The molecule has 0 bridgehead atoms. The Hall–Kier alpha value is -1.65. The van der Waals surface area contributed by atoms with E-state index in [0.29, 0.717) is 10.5 Å². The van der Waals surface area contributed by atoms with Crippen LogP contribution in [0.3, 0.4) is 0 Å². The summed E-state index contributed by atoms with van der Waals surface area (Å²) in [6.07, 6.45) is 4.81. The summed E-state index contributed by atoms with van der Waals surface area (Å²) in [5.41, 5.74) is 1.47. The van der Waals surface area contributed by atoms with E-state index in [2.05, 4.69) is 15.6 Å². The lowest BCUT2D eigenvalue weighted by molar-refractivity contribution is -0.118. The van der Waals surface area contributed by atoms with Crippen LogP contribution in [0.15, 0.2) is 30.5 Å². The molecule has 1 atom stereocenters. The molecule has 0 aliphatic carbocycles. The number of nitrogens with one attached hydrogen (secondary N) is 2. The monoisotopic (exact) mass is 289 g/mol. The number of aromatic nitrogens is 1. The number of anilines is 1. The van der Waals surface area contributed by atoms with E-state index in [9.17, 15) is 4.79 Å². The van der Waals surface area contributed by atoms with Crippen LogP contribution in [0.2, 0.25) is 5.02 Å². The number of rotatable bonds is 2. The summed E-state index contributed by atoms with van der Waals surface area (Å²) < 4.78 is 0. The molecule has 3 rings (SSSR count). The first-order valence-corrected chi connectivity index (χ1v) is 7.21. The average molecular weight is 290 g/mol. The van der Waals surface area contributed by atoms with Crippen molar-refractivity contribution in [3.8, 4) is 0 Å². The third-order valence-electron chi connectivity index (χ3n) is 3.61. The number of benzene rings is 1. The minimum absolute atomic E-state index is 0.0113. The first-order chi connectivity index (χ1) is 9.75. The zero-order chi connectivity index (χ0) is 13.9. The molecule has 0 radical (unpaired) electrons. The van der Waals surface area contributed by atoms with E-state index in [1.807, 2.05) is 18.2 Å². The first-order valence-electron chi connectivity index (χ1n) is 6.83. The summed E-state index contributed by atoms with van der Waals surface area (Å²) in [7, 11) is 0. The van der Waals surface area contributed by atoms with Gasteiger partial charge in [-0.2, -0.15) is 0 Å². The molecule has 0 saturated carbocycles. The van der Waals surface area contributed by atoms with E-state index in [1.165, 1.54) is 0 Å². The van der Waals surface area contributed by atoms with Crippen LogP contribution >= 0.6 is 11.6 Å². The number of halogens is 1. The highest BCUT2D eigenvalue weighted by Gasteiger charge is 2.21. The molecule has 104 valence electrons. The standard InChI is InChI=1S/C15H16ClN3O/c16-11-6-7-12(10-4-3-9-18-14(10)11)19-15(20)13-5-1-2-8-17-13/h3-4,6-7,9,13,17H,1-2,5,8H2,(H,19,20)/t13-/m1/s1. The van der Waals surface area contributed by atoms with Gasteiger partial charge in [0.25, 0.3) is 0 Å². The van der Waals surface area contributed by atoms with Gasteiger partial charge in [0, 0.05) is 11.6 Å². The molecular weight excluding hydrogens is 274 g/mol. The molecule has 20 heavy (non-hydrogen) atoms. The maximum atomic E-state index is 12.3. The van der Waals surface area contributed by atoms with Gasteiger partial charge in [-0.15, -0.1) is 0 Å². The zero-order valence-electron chi connectivity index (χ0n) is 11.0. The highest BCUT2D eigenvalue weighted by molar-refractivity contribution is 6.35. The quantitative estimate of drug-likeness (QED) is 0.894. The van der Waals surface area contributed by atoms with Gasteiger partial charge in [0.15, 0.2) is 0 Å². The van der Waals surface area contributed by atoms with Crippen LogP contribution in [-0.2, 0) is 4.79 Å². The molecule has 0 spiro atoms. The molecule has 1 fully saturated rings. The number of pyridine rings is 1. The summed E-state index contributed by atoms with van der Waals surface area (Å²) in [5, 5.41) is 7.68. The molecule has 0 unspecified atom stereocenters. The Morgan fingerprint density at radius 1 is 1.35 bits per heavy atom. The number of amides is 1. The van der Waals surface area contributed by atoms with E-state index in [0.717, 1.165) is 36.9 Å². The molecule has 1 aromatic carbocycles. The topological polar surface area (TPSA) is 54.0 Å². The lowest BCUT2D eigenvalue weighted by Crippen LogP contribution is -2.43. The van der Waals surface area contributed by atoms with Crippen molar-refractivity contribution in [1.29, 1.82) is 0 Å². The summed E-state index contributed by atoms with van der Waals surface area (Å²) in [5.74, 6) is 0.0113. The predicted octanol–water partition coefficient (Wildman–Crippen LogP) is 2.97. The molecule has 1 amide bonds. The van der Waals surface area contributed by atoms with Crippen molar-refractivity contribution >= 4 is 34.1 Å². The minimum atomic E-state index is -0.105. The first kappa shape index (κ1) is 13.3. The van der Waals surface area contributed by atoms with E-state index < -0.39 is 0 Å². The van der Waals surface area contributed by atoms with Crippen molar-refractivity contribution in [2.75, 3.05) is 11.9 Å². The lowest BCUT2D eigenvalue weighted by Gasteiger charge is -2.22. The van der Waals surface area contributed by atoms with Crippen LogP contribution in [0.4, 0.5) is 5.69 Å². The molecule has 1 saturated heterocycles. The second kappa shape index (κ2) is 5.77. The summed E-state index contributed by atoms with van der Waals surface area (Å²) in [4.78, 5) is 16.5. The van der Waals surface area contributed by atoms with Crippen LogP contribution in [-0.4, -0.2) is 23.5 Å². The number of hydrogen-bond acceptors (Lipinski definition) is 3. The van der Waals surface area contributed by atoms with Crippen molar-refractivity contribution in [2.24, 2.45) is 0 Å². The van der Waals surface area contributed by atoms with Crippen LogP contribution in [0.25, 0.3) is 10.9 Å². The van der Waals surface area contributed by atoms with E-state index in [1.54, 1.807) is 12.3 Å². The molecular formula is C15H16ClN3O. The van der Waals surface area contributed by atoms with Gasteiger partial charge in [-0.3, -0.25) is 9.78 Å². The third kappa shape index (κ3) is 2.62. The van der Waals surface area contributed by atoms with Crippen molar-refractivity contribution in [3.63, 3.8) is 0 Å². The Labute approximate surface area is 122 Å². The predicted molar refractivity (Wildman–Crippen MR) is 81.0 cm³/mol. The summed E-state index contributed by atoms with van der Waals surface area (Å²) in [6.45, 7) is 0.904.